The fraction of sp³-hybridized carbons (Fsp3) is 0.480. The Morgan fingerprint density at radius 3 is 2.47 bits per heavy atom. The van der Waals surface area contributed by atoms with Crippen LogP contribution < -0.4 is 15.5 Å². The normalized spacial score (nSPS) is 22.8. The van der Waals surface area contributed by atoms with Crippen molar-refractivity contribution in [3.63, 3.8) is 0 Å². The highest BCUT2D eigenvalue weighted by atomic mass is 19.1. The van der Waals surface area contributed by atoms with Crippen LogP contribution in [-0.4, -0.2) is 59.3 Å². The van der Waals surface area contributed by atoms with Gasteiger partial charge in [-0.25, -0.2) is 9.37 Å². The summed E-state index contributed by atoms with van der Waals surface area (Å²) in [6.45, 7) is 10.3. The number of carbonyl (C=O) groups is 2. The number of hydrogen-bond donors (Lipinski definition) is 3. The van der Waals surface area contributed by atoms with Gasteiger partial charge >= 0.3 is 0 Å². The number of aromatic nitrogens is 1. The van der Waals surface area contributed by atoms with Gasteiger partial charge in [-0.05, 0) is 50.5 Å². The smallest absolute Gasteiger partial charge is 0.254 e. The van der Waals surface area contributed by atoms with Gasteiger partial charge in [-0.15, -0.1) is 0 Å². The lowest BCUT2D eigenvalue weighted by Crippen LogP contribution is -2.49. The molecule has 34 heavy (non-hydrogen) atoms. The van der Waals surface area contributed by atoms with E-state index in [1.54, 1.807) is 11.0 Å². The van der Waals surface area contributed by atoms with E-state index >= 15 is 4.39 Å². The van der Waals surface area contributed by atoms with Crippen LogP contribution >= 0.6 is 0 Å². The van der Waals surface area contributed by atoms with Gasteiger partial charge in [0, 0.05) is 43.0 Å². The molecule has 3 heterocycles. The molecule has 2 aliphatic rings. The second-order valence-electron chi connectivity index (χ2n) is 9.18. The number of carbonyl (C=O) groups excluding carboxylic acids is 2. The van der Waals surface area contributed by atoms with E-state index in [1.165, 1.54) is 12.1 Å². The van der Waals surface area contributed by atoms with Crippen LogP contribution in [0, 0.1) is 26.6 Å². The second-order valence-corrected chi connectivity index (χ2v) is 9.18. The van der Waals surface area contributed by atoms with Crippen molar-refractivity contribution in [1.29, 1.82) is 0 Å². The van der Waals surface area contributed by atoms with E-state index in [4.69, 9.17) is 4.98 Å². The van der Waals surface area contributed by atoms with E-state index in [2.05, 4.69) is 21.6 Å². The molecule has 4 rings (SSSR count). The van der Waals surface area contributed by atoms with Gasteiger partial charge in [0.05, 0.1) is 0 Å². The zero-order valence-electron chi connectivity index (χ0n) is 20.1. The number of amides is 2. The van der Waals surface area contributed by atoms with Gasteiger partial charge in [0.1, 0.15) is 17.2 Å². The Hall–Kier alpha value is -3.04. The minimum atomic E-state index is -1.36. The molecule has 1 aromatic heterocycles. The van der Waals surface area contributed by atoms with Crippen molar-refractivity contribution in [1.82, 2.24) is 20.5 Å². The molecule has 1 aromatic carbocycles. The van der Waals surface area contributed by atoms with E-state index < -0.39 is 23.6 Å². The molecule has 0 spiro atoms. The lowest BCUT2D eigenvalue weighted by Gasteiger charge is -2.36. The number of rotatable bonds is 5. The van der Waals surface area contributed by atoms with Crippen LogP contribution in [0.2, 0.25) is 0 Å². The maximum atomic E-state index is 15.2. The number of aliphatic hydroxyl groups is 1. The number of benzene rings is 1. The van der Waals surface area contributed by atoms with Gasteiger partial charge in [0.15, 0.2) is 6.35 Å². The summed E-state index contributed by atoms with van der Waals surface area (Å²) in [4.78, 5) is 34.3. The van der Waals surface area contributed by atoms with Crippen molar-refractivity contribution >= 4 is 17.6 Å². The average molecular weight is 470 g/mol. The van der Waals surface area contributed by atoms with Crippen LogP contribution in [0.4, 0.5) is 10.2 Å². The van der Waals surface area contributed by atoms with Gasteiger partial charge in [-0.2, -0.15) is 0 Å². The SMILES string of the molecule is CCCC1(c2ccc(C(=O)N3CCN(c4nc(C)c(C)cc4C)CC3)cc2F)NC(O)NC1=O. The second kappa shape index (κ2) is 9.31. The summed E-state index contributed by atoms with van der Waals surface area (Å²) >= 11 is 0. The molecular weight excluding hydrogens is 437 g/mol. The molecule has 2 aromatic rings. The first-order valence-electron chi connectivity index (χ1n) is 11.7. The van der Waals surface area contributed by atoms with Crippen LogP contribution in [0.25, 0.3) is 0 Å². The number of piperazine rings is 1. The molecule has 0 saturated carbocycles. The summed E-state index contributed by atoms with van der Waals surface area (Å²) in [5.74, 6) is -0.435. The maximum absolute atomic E-state index is 15.2. The zero-order valence-corrected chi connectivity index (χ0v) is 20.1. The molecule has 0 radical (unpaired) electrons. The number of pyridine rings is 1. The number of aliphatic hydroxyl groups excluding tert-OH is 1. The van der Waals surface area contributed by atoms with Gasteiger partial charge in [-0.3, -0.25) is 14.9 Å². The molecule has 2 atom stereocenters. The molecular formula is C25H32FN5O3. The summed E-state index contributed by atoms with van der Waals surface area (Å²) in [5, 5.41) is 15.0. The van der Waals surface area contributed by atoms with Crippen molar-refractivity contribution in [3.05, 3.63) is 58.0 Å². The molecule has 8 nitrogen and oxygen atoms in total. The molecule has 9 heteroatoms. The van der Waals surface area contributed by atoms with Crippen molar-refractivity contribution in [2.75, 3.05) is 31.1 Å². The molecule has 2 fully saturated rings. The van der Waals surface area contributed by atoms with E-state index in [0.717, 1.165) is 22.6 Å². The minimum absolute atomic E-state index is 0.126. The van der Waals surface area contributed by atoms with Crippen LogP contribution in [-0.2, 0) is 10.3 Å². The summed E-state index contributed by atoms with van der Waals surface area (Å²) in [6, 6.07) is 6.35. The first-order chi connectivity index (χ1) is 16.2. The van der Waals surface area contributed by atoms with Crippen LogP contribution in [0.1, 0.15) is 52.5 Å². The maximum Gasteiger partial charge on any atom is 0.254 e. The third-order valence-electron chi connectivity index (χ3n) is 6.84. The van der Waals surface area contributed by atoms with Crippen LogP contribution in [0.3, 0.4) is 0 Å². The topological polar surface area (TPSA) is 97.8 Å². The Kier molecular flexibility index (Phi) is 6.60. The summed E-state index contributed by atoms with van der Waals surface area (Å²) < 4.78 is 15.2. The van der Waals surface area contributed by atoms with Gasteiger partial charge in [0.25, 0.3) is 5.91 Å². The molecule has 2 amide bonds. The summed E-state index contributed by atoms with van der Waals surface area (Å²) in [6.07, 6.45) is -0.327. The highest BCUT2D eigenvalue weighted by Gasteiger charge is 2.48. The Morgan fingerprint density at radius 2 is 1.88 bits per heavy atom. The molecule has 0 aliphatic carbocycles. The highest BCUT2D eigenvalue weighted by molar-refractivity contribution is 5.95. The lowest BCUT2D eigenvalue weighted by molar-refractivity contribution is -0.125. The molecule has 2 saturated heterocycles. The van der Waals surface area contributed by atoms with Crippen molar-refractivity contribution in [2.45, 2.75) is 52.4 Å². The monoisotopic (exact) mass is 469 g/mol. The van der Waals surface area contributed by atoms with Crippen molar-refractivity contribution < 1.29 is 19.1 Å². The van der Waals surface area contributed by atoms with Gasteiger partial charge in [-0.1, -0.05) is 25.5 Å². The van der Waals surface area contributed by atoms with Crippen molar-refractivity contribution in [3.8, 4) is 0 Å². The van der Waals surface area contributed by atoms with Crippen LogP contribution in [0.5, 0.6) is 0 Å². The highest BCUT2D eigenvalue weighted by Crippen LogP contribution is 2.33. The number of halogens is 1. The number of nitrogens with zero attached hydrogens (tertiary/aromatic N) is 3. The molecule has 182 valence electrons. The van der Waals surface area contributed by atoms with Crippen molar-refractivity contribution in [2.24, 2.45) is 0 Å². The van der Waals surface area contributed by atoms with Gasteiger partial charge in [0.2, 0.25) is 5.91 Å². The third kappa shape index (κ3) is 4.25. The fourth-order valence-corrected chi connectivity index (χ4v) is 4.93. The minimum Gasteiger partial charge on any atom is -0.361 e. The molecule has 3 N–H and O–H groups in total. The Bertz CT molecular complexity index is 1120. The number of hydrogen-bond acceptors (Lipinski definition) is 6. The third-order valence-corrected chi connectivity index (χ3v) is 6.84. The average Bonchev–Trinajstić information content (AvgIpc) is 3.09. The van der Waals surface area contributed by atoms with E-state index in [-0.39, 0.29) is 17.0 Å². The largest absolute Gasteiger partial charge is 0.361 e. The molecule has 2 unspecified atom stereocenters. The van der Waals surface area contributed by atoms with E-state index in [9.17, 15) is 14.7 Å². The number of nitrogens with one attached hydrogen (secondary N) is 2. The van der Waals surface area contributed by atoms with Crippen LogP contribution in [0.15, 0.2) is 24.3 Å². The Labute approximate surface area is 199 Å². The number of aryl methyl sites for hydroxylation is 3. The van der Waals surface area contributed by atoms with E-state index in [0.29, 0.717) is 39.0 Å². The number of anilines is 1. The lowest BCUT2D eigenvalue weighted by atomic mass is 9.84. The predicted octanol–water partition coefficient (Wildman–Crippen LogP) is 2.10. The summed E-state index contributed by atoms with van der Waals surface area (Å²) in [7, 11) is 0. The quantitative estimate of drug-likeness (QED) is 0.621. The Balaban J connectivity index is 1.49. The first kappa shape index (κ1) is 24.1. The zero-order chi connectivity index (χ0) is 24.6. The molecule has 0 bridgehead atoms. The first-order valence-corrected chi connectivity index (χ1v) is 11.7. The van der Waals surface area contributed by atoms with E-state index in [1.807, 2.05) is 27.7 Å². The summed E-state index contributed by atoms with van der Waals surface area (Å²) in [5.41, 5.74) is 2.26. The molecule has 2 aliphatic heterocycles. The Morgan fingerprint density at radius 1 is 1.18 bits per heavy atom. The fourth-order valence-electron chi connectivity index (χ4n) is 4.93. The predicted molar refractivity (Wildman–Crippen MR) is 127 cm³/mol. The van der Waals surface area contributed by atoms with Gasteiger partial charge < -0.3 is 20.2 Å². The standard InChI is InChI=1S/C25H32FN5O3/c1-5-8-25(23(33)28-24(34)29-25)19-7-6-18(14-20(19)26)22(32)31-11-9-30(10-12-31)21-16(3)13-15(2)17(4)27-21/h6-7,13-14,24,29,34H,5,8-12H2,1-4H3,(H,28,33).